The molecule has 0 aromatic heterocycles. The van der Waals surface area contributed by atoms with Crippen LogP contribution in [0.1, 0.15) is 0 Å². The molecule has 0 spiro atoms. The molecule has 0 atom stereocenters. The second kappa shape index (κ2) is 39.0. The lowest BCUT2D eigenvalue weighted by Crippen LogP contribution is -2.15. The van der Waals surface area contributed by atoms with Gasteiger partial charge < -0.3 is 62.6 Å². The Labute approximate surface area is 248 Å². The van der Waals surface area contributed by atoms with E-state index in [2.05, 4.69) is 15.9 Å². The molecule has 0 aromatic rings. The molecular formula is C26H54BrNO12. The van der Waals surface area contributed by atoms with Gasteiger partial charge in [0.25, 0.3) is 0 Å². The van der Waals surface area contributed by atoms with E-state index < -0.39 is 0 Å². The van der Waals surface area contributed by atoms with Crippen molar-refractivity contribution < 1.29 is 56.8 Å². The maximum absolute atomic E-state index is 5.46. The van der Waals surface area contributed by atoms with Crippen LogP contribution in [0.2, 0.25) is 0 Å². The molecule has 242 valence electrons. The summed E-state index contributed by atoms with van der Waals surface area (Å²) in [6.07, 6.45) is 0. The lowest BCUT2D eigenvalue weighted by molar-refractivity contribution is -0.0282. The van der Waals surface area contributed by atoms with Gasteiger partial charge in [-0.3, -0.25) is 0 Å². The predicted molar refractivity (Wildman–Crippen MR) is 153 cm³/mol. The monoisotopic (exact) mass is 651 g/mol. The van der Waals surface area contributed by atoms with Crippen LogP contribution in [0.4, 0.5) is 0 Å². The van der Waals surface area contributed by atoms with Gasteiger partial charge in [-0.05, 0) is 0 Å². The van der Waals surface area contributed by atoms with Gasteiger partial charge in [0.2, 0.25) is 0 Å². The first-order chi connectivity index (χ1) is 19.9. The molecule has 0 fully saturated rings. The Morgan fingerprint density at radius 2 is 0.400 bits per heavy atom. The Morgan fingerprint density at radius 1 is 0.250 bits per heavy atom. The van der Waals surface area contributed by atoms with E-state index in [1.165, 1.54) is 0 Å². The summed E-state index contributed by atoms with van der Waals surface area (Å²) in [5.41, 5.74) is 5.32. The Kier molecular flexibility index (Phi) is 38.9. The number of halogens is 1. The summed E-state index contributed by atoms with van der Waals surface area (Å²) in [7, 11) is 0. The highest BCUT2D eigenvalue weighted by Crippen LogP contribution is 1.87. The van der Waals surface area contributed by atoms with E-state index in [4.69, 9.17) is 62.6 Å². The highest BCUT2D eigenvalue weighted by atomic mass is 79.9. The zero-order valence-corrected chi connectivity index (χ0v) is 25.8. The zero-order valence-electron chi connectivity index (χ0n) is 24.2. The van der Waals surface area contributed by atoms with Crippen LogP contribution in [0.25, 0.3) is 0 Å². The molecule has 2 N–H and O–H groups in total. The molecule has 13 nitrogen and oxygen atoms in total. The highest BCUT2D eigenvalue weighted by molar-refractivity contribution is 9.09. The lowest BCUT2D eigenvalue weighted by atomic mass is 10.6. The second-order valence-corrected chi connectivity index (χ2v) is 8.62. The molecule has 0 saturated carbocycles. The van der Waals surface area contributed by atoms with Gasteiger partial charge >= 0.3 is 0 Å². The summed E-state index contributed by atoms with van der Waals surface area (Å²) in [6.45, 7) is 13.5. The van der Waals surface area contributed by atoms with E-state index in [1.807, 2.05) is 0 Å². The maximum atomic E-state index is 5.46. The van der Waals surface area contributed by atoms with Gasteiger partial charge in [0.1, 0.15) is 0 Å². The number of hydrogen-bond donors (Lipinski definition) is 1. The number of rotatable bonds is 37. The third-order valence-corrected chi connectivity index (χ3v) is 4.90. The smallest absolute Gasteiger partial charge is 0.0701 e. The van der Waals surface area contributed by atoms with Crippen molar-refractivity contribution in [2.75, 3.05) is 170 Å². The first kappa shape index (κ1) is 40.0. The van der Waals surface area contributed by atoms with Gasteiger partial charge in [-0.25, -0.2) is 0 Å². The van der Waals surface area contributed by atoms with Crippen molar-refractivity contribution in [3.05, 3.63) is 0 Å². The largest absolute Gasteiger partial charge is 0.378 e. The van der Waals surface area contributed by atoms with Crippen LogP contribution in [0, 0.1) is 0 Å². The Morgan fingerprint density at radius 3 is 0.550 bits per heavy atom. The predicted octanol–water partition coefficient (Wildman–Crippen LogP) is 0.539. The van der Waals surface area contributed by atoms with Crippen LogP contribution >= 0.6 is 15.9 Å². The van der Waals surface area contributed by atoms with Crippen LogP contribution in [0.5, 0.6) is 0 Å². The first-order valence-corrected chi connectivity index (χ1v) is 15.2. The fraction of sp³-hybridized carbons (Fsp3) is 1.00. The third-order valence-electron chi connectivity index (χ3n) is 4.58. The second-order valence-electron chi connectivity index (χ2n) is 7.83. The van der Waals surface area contributed by atoms with Crippen molar-refractivity contribution in [1.82, 2.24) is 0 Å². The minimum atomic E-state index is 0.515. The number of alkyl halides is 1. The van der Waals surface area contributed by atoms with Crippen molar-refractivity contribution >= 4 is 15.9 Å². The molecule has 0 saturated heterocycles. The number of nitrogens with two attached hydrogens (primary N) is 1. The molecule has 0 aliphatic heterocycles. The van der Waals surface area contributed by atoms with Crippen molar-refractivity contribution in [2.24, 2.45) is 5.73 Å². The summed E-state index contributed by atoms with van der Waals surface area (Å²) in [5, 5.41) is 0.838. The normalized spacial score (nSPS) is 11.6. The summed E-state index contributed by atoms with van der Waals surface area (Å²) < 4.78 is 64.8. The highest BCUT2D eigenvalue weighted by Gasteiger charge is 1.96. The fourth-order valence-corrected chi connectivity index (χ4v) is 2.89. The summed E-state index contributed by atoms with van der Waals surface area (Å²) in [6, 6.07) is 0. The molecule has 0 rings (SSSR count). The maximum Gasteiger partial charge on any atom is 0.0701 e. The van der Waals surface area contributed by atoms with Gasteiger partial charge in [-0.1, -0.05) is 15.9 Å². The Balaban J connectivity index is 3.01. The molecule has 0 radical (unpaired) electrons. The van der Waals surface area contributed by atoms with Gasteiger partial charge in [0.05, 0.1) is 159 Å². The molecule has 0 unspecified atom stereocenters. The van der Waals surface area contributed by atoms with Gasteiger partial charge in [0.15, 0.2) is 0 Å². The number of hydrogen-bond acceptors (Lipinski definition) is 13. The molecule has 0 heterocycles. The lowest BCUT2D eigenvalue weighted by Gasteiger charge is -2.09. The molecule has 0 aliphatic rings. The van der Waals surface area contributed by atoms with E-state index in [0.717, 1.165) is 5.33 Å². The van der Waals surface area contributed by atoms with E-state index in [9.17, 15) is 0 Å². The SMILES string of the molecule is NCCOCCOCCOCCOCCOCCOCCOCCOCCOCCOCCOCCOCCBr. The van der Waals surface area contributed by atoms with Gasteiger partial charge in [-0.15, -0.1) is 0 Å². The van der Waals surface area contributed by atoms with Crippen LogP contribution < -0.4 is 5.73 Å². The average Bonchev–Trinajstić information content (AvgIpc) is 2.97. The van der Waals surface area contributed by atoms with Crippen LogP contribution in [0.15, 0.2) is 0 Å². The number of ether oxygens (including phenoxy) is 12. The zero-order chi connectivity index (χ0) is 28.9. The fourth-order valence-electron chi connectivity index (χ4n) is 2.66. The molecule has 0 bridgehead atoms. The molecule has 40 heavy (non-hydrogen) atoms. The summed E-state index contributed by atoms with van der Waals surface area (Å²) in [5.74, 6) is 0. The van der Waals surface area contributed by atoms with E-state index in [0.29, 0.717) is 165 Å². The van der Waals surface area contributed by atoms with Crippen molar-refractivity contribution in [3.8, 4) is 0 Å². The van der Waals surface area contributed by atoms with E-state index in [-0.39, 0.29) is 0 Å². The van der Waals surface area contributed by atoms with Crippen molar-refractivity contribution in [2.45, 2.75) is 0 Å². The first-order valence-electron chi connectivity index (χ1n) is 14.1. The van der Waals surface area contributed by atoms with Crippen molar-refractivity contribution in [3.63, 3.8) is 0 Å². The van der Waals surface area contributed by atoms with E-state index in [1.54, 1.807) is 0 Å². The summed E-state index contributed by atoms with van der Waals surface area (Å²) >= 11 is 3.30. The van der Waals surface area contributed by atoms with Gasteiger partial charge in [0, 0.05) is 11.9 Å². The van der Waals surface area contributed by atoms with Crippen LogP contribution in [0.3, 0.4) is 0 Å². The quantitative estimate of drug-likeness (QED) is 0.0740. The van der Waals surface area contributed by atoms with Crippen LogP contribution in [-0.2, 0) is 56.8 Å². The van der Waals surface area contributed by atoms with E-state index >= 15 is 0 Å². The standard InChI is InChI=1S/C26H54BrNO12/c27-1-3-29-5-7-31-9-11-33-13-15-35-17-19-37-21-23-39-25-26-40-24-22-38-20-18-36-16-14-34-12-10-32-8-6-30-4-2-28/h1-26,28H2. The molecule has 0 aromatic carbocycles. The van der Waals surface area contributed by atoms with Crippen LogP contribution in [-0.4, -0.2) is 170 Å². The van der Waals surface area contributed by atoms with Crippen molar-refractivity contribution in [1.29, 1.82) is 0 Å². The Bertz CT molecular complexity index is 408. The molecule has 0 aliphatic carbocycles. The minimum absolute atomic E-state index is 0.515. The molecule has 14 heteroatoms. The third kappa shape index (κ3) is 38.0. The summed E-state index contributed by atoms with van der Waals surface area (Å²) in [4.78, 5) is 0. The topological polar surface area (TPSA) is 137 Å². The average molecular weight is 653 g/mol. The molecular weight excluding hydrogens is 598 g/mol. The Hall–Kier alpha value is -0.0400. The van der Waals surface area contributed by atoms with Gasteiger partial charge in [-0.2, -0.15) is 0 Å². The minimum Gasteiger partial charge on any atom is -0.378 e. The molecule has 0 amide bonds.